The molecule has 0 saturated carbocycles. The molecule has 1 aliphatic heterocycles. The lowest BCUT2D eigenvalue weighted by Gasteiger charge is -2.14. The van der Waals surface area contributed by atoms with Gasteiger partial charge in [-0.3, -0.25) is 0 Å². The molecule has 2 rings (SSSR count). The molecule has 1 aromatic heterocycles. The zero-order chi connectivity index (χ0) is 10.5. The summed E-state index contributed by atoms with van der Waals surface area (Å²) in [6.45, 7) is 8.16. The number of thiophene rings is 1. The summed E-state index contributed by atoms with van der Waals surface area (Å²) in [5.74, 6) is 0. The van der Waals surface area contributed by atoms with Gasteiger partial charge in [0.15, 0.2) is 0 Å². The minimum Gasteiger partial charge on any atom is -0.311 e. The van der Waals surface area contributed by atoms with Gasteiger partial charge in [0.2, 0.25) is 0 Å². The third-order valence-corrected chi connectivity index (χ3v) is 3.99. The van der Waals surface area contributed by atoms with Gasteiger partial charge in [0.25, 0.3) is 0 Å². The van der Waals surface area contributed by atoms with Crippen molar-refractivity contribution in [2.45, 2.75) is 26.3 Å². The maximum Gasteiger partial charge on any atom is 0.0216 e. The van der Waals surface area contributed by atoms with Crippen molar-refractivity contribution >= 4 is 11.3 Å². The number of rotatable bonds is 5. The van der Waals surface area contributed by atoms with E-state index >= 15 is 0 Å². The van der Waals surface area contributed by atoms with Gasteiger partial charge in [-0.05, 0) is 54.7 Å². The number of nitrogens with one attached hydrogen (secondary N) is 1. The molecule has 0 aliphatic carbocycles. The minimum atomic E-state index is 1.03. The molecule has 0 spiro atoms. The summed E-state index contributed by atoms with van der Waals surface area (Å²) in [6.07, 6.45) is 2.78. The van der Waals surface area contributed by atoms with Crippen LogP contribution in [0.15, 0.2) is 10.8 Å². The second kappa shape index (κ2) is 5.64. The zero-order valence-corrected chi connectivity index (χ0v) is 10.3. The van der Waals surface area contributed by atoms with E-state index in [0.29, 0.717) is 0 Å². The van der Waals surface area contributed by atoms with Gasteiger partial charge in [-0.2, -0.15) is 11.3 Å². The van der Waals surface area contributed by atoms with E-state index in [1.807, 2.05) is 0 Å². The summed E-state index contributed by atoms with van der Waals surface area (Å²) in [4.78, 5) is 2.55. The Kier molecular flexibility index (Phi) is 4.18. The molecule has 0 atom stereocenters. The molecule has 1 fully saturated rings. The third kappa shape index (κ3) is 3.30. The normalized spacial score (nSPS) is 17.4. The molecule has 1 N–H and O–H groups in total. The number of hydrogen-bond acceptors (Lipinski definition) is 3. The topological polar surface area (TPSA) is 15.3 Å². The Morgan fingerprint density at radius 3 is 2.80 bits per heavy atom. The smallest absolute Gasteiger partial charge is 0.0216 e. The van der Waals surface area contributed by atoms with Crippen LogP contribution in [0.5, 0.6) is 0 Å². The van der Waals surface area contributed by atoms with Crippen molar-refractivity contribution in [2.24, 2.45) is 0 Å². The molecule has 2 nitrogen and oxygen atoms in total. The first kappa shape index (κ1) is 11.1. The Morgan fingerprint density at radius 2 is 2.13 bits per heavy atom. The molecule has 1 saturated heterocycles. The van der Waals surface area contributed by atoms with E-state index in [9.17, 15) is 0 Å². The van der Waals surface area contributed by atoms with E-state index in [2.05, 4.69) is 27.9 Å². The first-order valence-electron chi connectivity index (χ1n) is 5.81. The first-order valence-corrected chi connectivity index (χ1v) is 6.75. The Labute approximate surface area is 96.3 Å². The molecular weight excluding hydrogens is 204 g/mol. The molecule has 84 valence electrons. The highest BCUT2D eigenvalue weighted by atomic mass is 32.1. The zero-order valence-electron chi connectivity index (χ0n) is 9.46. The molecule has 3 heteroatoms. The molecule has 0 radical (unpaired) electrons. The lowest BCUT2D eigenvalue weighted by Crippen LogP contribution is -2.29. The standard InChI is InChI=1S/C12H20N2S/c1-11-9-15-10-12(11)8-13-4-7-14-5-2-3-6-14/h9-10,13H,2-8H2,1H3. The van der Waals surface area contributed by atoms with Crippen LogP contribution in [0.1, 0.15) is 24.0 Å². The first-order chi connectivity index (χ1) is 7.36. The molecule has 0 unspecified atom stereocenters. The summed E-state index contributed by atoms with van der Waals surface area (Å²) < 4.78 is 0. The lowest BCUT2D eigenvalue weighted by atomic mass is 10.2. The number of hydrogen-bond donors (Lipinski definition) is 1. The summed E-state index contributed by atoms with van der Waals surface area (Å²) in [5, 5.41) is 7.99. The van der Waals surface area contributed by atoms with Crippen molar-refractivity contribution < 1.29 is 0 Å². The quantitative estimate of drug-likeness (QED) is 0.772. The summed E-state index contributed by atoms with van der Waals surface area (Å²) >= 11 is 1.80. The van der Waals surface area contributed by atoms with Gasteiger partial charge in [-0.15, -0.1) is 0 Å². The van der Waals surface area contributed by atoms with Crippen molar-refractivity contribution in [3.8, 4) is 0 Å². The molecule has 0 amide bonds. The monoisotopic (exact) mass is 224 g/mol. The molecule has 1 aromatic rings. The van der Waals surface area contributed by atoms with Crippen LogP contribution in [0.4, 0.5) is 0 Å². The second-order valence-corrected chi connectivity index (χ2v) is 5.05. The van der Waals surface area contributed by atoms with Crippen LogP contribution in [0.25, 0.3) is 0 Å². The van der Waals surface area contributed by atoms with Gasteiger partial charge in [-0.1, -0.05) is 0 Å². The molecule has 0 aromatic carbocycles. The maximum absolute atomic E-state index is 3.52. The Bertz CT molecular complexity index is 290. The average molecular weight is 224 g/mol. The fourth-order valence-corrected chi connectivity index (χ4v) is 2.89. The molecule has 1 aliphatic rings. The van der Waals surface area contributed by atoms with Crippen molar-refractivity contribution in [1.29, 1.82) is 0 Å². The van der Waals surface area contributed by atoms with Crippen molar-refractivity contribution in [1.82, 2.24) is 10.2 Å². The predicted molar refractivity (Wildman–Crippen MR) is 66.4 cm³/mol. The fourth-order valence-electron chi connectivity index (χ4n) is 2.03. The molecule has 15 heavy (non-hydrogen) atoms. The highest BCUT2D eigenvalue weighted by molar-refractivity contribution is 7.08. The van der Waals surface area contributed by atoms with E-state index in [-0.39, 0.29) is 0 Å². The number of likely N-dealkylation sites (tertiary alicyclic amines) is 1. The molecule has 0 bridgehead atoms. The van der Waals surface area contributed by atoms with Crippen molar-refractivity contribution in [3.63, 3.8) is 0 Å². The molecule has 2 heterocycles. The van der Waals surface area contributed by atoms with E-state index in [1.165, 1.54) is 43.6 Å². The maximum atomic E-state index is 3.52. The van der Waals surface area contributed by atoms with Crippen molar-refractivity contribution in [2.75, 3.05) is 26.2 Å². The van der Waals surface area contributed by atoms with Gasteiger partial charge in [0.05, 0.1) is 0 Å². The highest BCUT2D eigenvalue weighted by Gasteiger charge is 2.09. The van der Waals surface area contributed by atoms with Gasteiger partial charge >= 0.3 is 0 Å². The lowest BCUT2D eigenvalue weighted by molar-refractivity contribution is 0.335. The van der Waals surface area contributed by atoms with Crippen LogP contribution < -0.4 is 5.32 Å². The largest absolute Gasteiger partial charge is 0.311 e. The van der Waals surface area contributed by atoms with Crippen LogP contribution in [-0.4, -0.2) is 31.1 Å². The van der Waals surface area contributed by atoms with E-state index < -0.39 is 0 Å². The number of aryl methyl sites for hydroxylation is 1. The summed E-state index contributed by atoms with van der Waals surface area (Å²) in [7, 11) is 0. The summed E-state index contributed by atoms with van der Waals surface area (Å²) in [5.41, 5.74) is 2.88. The van der Waals surface area contributed by atoms with Crippen molar-refractivity contribution in [3.05, 3.63) is 21.9 Å². The van der Waals surface area contributed by atoms with E-state index in [4.69, 9.17) is 0 Å². The van der Waals surface area contributed by atoms with Crippen LogP contribution in [-0.2, 0) is 6.54 Å². The Hall–Kier alpha value is -0.380. The van der Waals surface area contributed by atoms with E-state index in [0.717, 1.165) is 13.1 Å². The Morgan fingerprint density at radius 1 is 1.33 bits per heavy atom. The van der Waals surface area contributed by atoms with Crippen LogP contribution >= 0.6 is 11.3 Å². The highest BCUT2D eigenvalue weighted by Crippen LogP contribution is 2.12. The van der Waals surface area contributed by atoms with Gasteiger partial charge in [0.1, 0.15) is 0 Å². The fraction of sp³-hybridized carbons (Fsp3) is 0.667. The van der Waals surface area contributed by atoms with Gasteiger partial charge in [0, 0.05) is 19.6 Å². The third-order valence-electron chi connectivity index (χ3n) is 3.08. The minimum absolute atomic E-state index is 1.03. The SMILES string of the molecule is Cc1cscc1CNCCN1CCCC1. The number of nitrogens with zero attached hydrogens (tertiary/aromatic N) is 1. The predicted octanol–water partition coefficient (Wildman–Crippen LogP) is 2.24. The Balaban J connectivity index is 1.60. The van der Waals surface area contributed by atoms with Gasteiger partial charge < -0.3 is 10.2 Å². The van der Waals surface area contributed by atoms with Crippen LogP contribution in [0, 0.1) is 6.92 Å². The average Bonchev–Trinajstić information content (AvgIpc) is 2.85. The molecular formula is C12H20N2S. The second-order valence-electron chi connectivity index (χ2n) is 4.31. The van der Waals surface area contributed by atoms with Crippen LogP contribution in [0.2, 0.25) is 0 Å². The summed E-state index contributed by atoms with van der Waals surface area (Å²) in [6, 6.07) is 0. The van der Waals surface area contributed by atoms with Gasteiger partial charge in [-0.25, -0.2) is 0 Å². The van der Waals surface area contributed by atoms with Crippen LogP contribution in [0.3, 0.4) is 0 Å². The van der Waals surface area contributed by atoms with E-state index in [1.54, 1.807) is 11.3 Å².